The van der Waals surface area contributed by atoms with Gasteiger partial charge in [0.15, 0.2) is 0 Å². The zero-order valence-electron chi connectivity index (χ0n) is 10.3. The van der Waals surface area contributed by atoms with Gasteiger partial charge in [0.2, 0.25) is 0 Å². The van der Waals surface area contributed by atoms with E-state index in [1.807, 2.05) is 12.4 Å². The minimum absolute atomic E-state index is 0.276. The Morgan fingerprint density at radius 3 is 2.89 bits per heavy atom. The Morgan fingerprint density at radius 2 is 2.11 bits per heavy atom. The van der Waals surface area contributed by atoms with Crippen LogP contribution in [-0.4, -0.2) is 15.0 Å². The lowest BCUT2D eigenvalue weighted by atomic mass is 9.94. The van der Waals surface area contributed by atoms with Gasteiger partial charge < -0.3 is 4.98 Å². The molecule has 3 heteroatoms. The number of aromatic nitrogens is 3. The molecule has 1 N–H and O–H groups in total. The van der Waals surface area contributed by atoms with Crippen molar-refractivity contribution in [3.63, 3.8) is 0 Å². The van der Waals surface area contributed by atoms with E-state index in [0.29, 0.717) is 0 Å². The van der Waals surface area contributed by atoms with Gasteiger partial charge in [-0.2, -0.15) is 0 Å². The molecular weight excluding hydrogens is 222 g/mol. The van der Waals surface area contributed by atoms with E-state index in [4.69, 9.17) is 0 Å². The molecular formula is C15H15N3. The molecule has 3 nitrogen and oxygen atoms in total. The Hall–Kier alpha value is -2.16. The van der Waals surface area contributed by atoms with E-state index in [9.17, 15) is 0 Å². The molecule has 0 fully saturated rings. The van der Waals surface area contributed by atoms with Crippen molar-refractivity contribution in [1.82, 2.24) is 15.0 Å². The van der Waals surface area contributed by atoms with Crippen molar-refractivity contribution in [1.29, 1.82) is 0 Å². The molecule has 0 amide bonds. The van der Waals surface area contributed by atoms with Crippen molar-refractivity contribution in [2.75, 3.05) is 0 Å². The Bertz CT molecular complexity index is 638. The van der Waals surface area contributed by atoms with E-state index in [0.717, 1.165) is 17.8 Å². The van der Waals surface area contributed by atoms with Gasteiger partial charge in [-0.05, 0) is 17.9 Å². The van der Waals surface area contributed by atoms with Gasteiger partial charge in [0.05, 0.1) is 12.0 Å². The van der Waals surface area contributed by atoms with E-state index in [1.165, 1.54) is 10.8 Å². The van der Waals surface area contributed by atoms with Crippen LogP contribution < -0.4 is 0 Å². The summed E-state index contributed by atoms with van der Waals surface area (Å²) in [6.45, 7) is 2.18. The first-order valence-electron chi connectivity index (χ1n) is 6.22. The molecule has 1 atom stereocenters. The maximum absolute atomic E-state index is 4.59. The van der Waals surface area contributed by atoms with Crippen LogP contribution >= 0.6 is 0 Å². The van der Waals surface area contributed by atoms with Crippen molar-refractivity contribution in [3.05, 3.63) is 60.4 Å². The minimum Gasteiger partial charge on any atom is -0.348 e. The summed E-state index contributed by atoms with van der Waals surface area (Å²) in [7, 11) is 0. The average Bonchev–Trinajstić information content (AvgIpc) is 2.94. The summed E-state index contributed by atoms with van der Waals surface area (Å²) in [5.41, 5.74) is 2.25. The normalized spacial score (nSPS) is 12.7. The van der Waals surface area contributed by atoms with E-state index in [-0.39, 0.29) is 5.92 Å². The molecule has 1 unspecified atom stereocenters. The highest BCUT2D eigenvalue weighted by Crippen LogP contribution is 2.29. The summed E-state index contributed by atoms with van der Waals surface area (Å²) >= 11 is 0. The van der Waals surface area contributed by atoms with Crippen LogP contribution in [0.15, 0.2) is 49.1 Å². The minimum atomic E-state index is 0.276. The van der Waals surface area contributed by atoms with E-state index >= 15 is 0 Å². The Balaban J connectivity index is 2.18. The van der Waals surface area contributed by atoms with E-state index in [1.54, 1.807) is 6.33 Å². The number of rotatable bonds is 3. The summed E-state index contributed by atoms with van der Waals surface area (Å²) < 4.78 is 0. The second kappa shape index (κ2) is 4.61. The summed E-state index contributed by atoms with van der Waals surface area (Å²) in [5, 5.41) is 2.46. The highest BCUT2D eigenvalue weighted by atomic mass is 14.9. The molecule has 2 heterocycles. The standard InChI is InChI=1S/C15H15N3/c1-2-12(14-9-16-10-18-14)15-13-6-4-3-5-11(13)7-8-17-15/h3-10,12H,2H2,1H3,(H,16,18). The quantitative estimate of drug-likeness (QED) is 0.757. The molecule has 0 bridgehead atoms. The third-order valence-electron chi connectivity index (χ3n) is 3.34. The second-order valence-electron chi connectivity index (χ2n) is 4.39. The van der Waals surface area contributed by atoms with Crippen LogP contribution in [0.3, 0.4) is 0 Å². The van der Waals surface area contributed by atoms with Gasteiger partial charge in [0.25, 0.3) is 0 Å². The highest BCUT2D eigenvalue weighted by Gasteiger charge is 2.17. The van der Waals surface area contributed by atoms with Gasteiger partial charge in [-0.25, -0.2) is 4.98 Å². The molecule has 0 saturated carbocycles. The van der Waals surface area contributed by atoms with Gasteiger partial charge in [0, 0.05) is 29.4 Å². The smallest absolute Gasteiger partial charge is 0.0921 e. The third kappa shape index (κ3) is 1.78. The molecule has 1 aromatic carbocycles. The number of aromatic amines is 1. The number of fused-ring (bicyclic) bond motifs is 1. The van der Waals surface area contributed by atoms with E-state index < -0.39 is 0 Å². The molecule has 0 spiro atoms. The summed E-state index contributed by atoms with van der Waals surface area (Å²) in [6.07, 6.45) is 6.50. The number of nitrogens with zero attached hydrogens (tertiary/aromatic N) is 2. The van der Waals surface area contributed by atoms with Gasteiger partial charge >= 0.3 is 0 Å². The number of H-pyrrole nitrogens is 1. The SMILES string of the molecule is CCC(c1cnc[nH]1)c1nccc2ccccc12. The number of hydrogen-bond acceptors (Lipinski definition) is 2. The van der Waals surface area contributed by atoms with Crippen LogP contribution in [0, 0.1) is 0 Å². The van der Waals surface area contributed by atoms with Crippen LogP contribution in [0.5, 0.6) is 0 Å². The fraction of sp³-hybridized carbons (Fsp3) is 0.200. The largest absolute Gasteiger partial charge is 0.348 e. The zero-order chi connectivity index (χ0) is 12.4. The third-order valence-corrected chi connectivity index (χ3v) is 3.34. The monoisotopic (exact) mass is 237 g/mol. The molecule has 0 saturated heterocycles. The van der Waals surface area contributed by atoms with Crippen LogP contribution in [0.1, 0.15) is 30.7 Å². The van der Waals surface area contributed by atoms with Crippen LogP contribution in [-0.2, 0) is 0 Å². The first kappa shape index (κ1) is 11.0. The lowest BCUT2D eigenvalue weighted by Crippen LogP contribution is -2.03. The molecule has 3 aromatic rings. The first-order valence-corrected chi connectivity index (χ1v) is 6.22. The Morgan fingerprint density at radius 1 is 1.22 bits per heavy atom. The Labute approximate surface area is 106 Å². The summed E-state index contributed by atoms with van der Waals surface area (Å²) in [6, 6.07) is 10.4. The first-order chi connectivity index (χ1) is 8.90. The molecule has 0 aliphatic heterocycles. The maximum Gasteiger partial charge on any atom is 0.0921 e. The van der Waals surface area contributed by atoms with Gasteiger partial charge in [-0.1, -0.05) is 31.2 Å². The number of pyridine rings is 1. The number of benzene rings is 1. The fourth-order valence-corrected chi connectivity index (χ4v) is 2.44. The maximum atomic E-state index is 4.59. The van der Waals surface area contributed by atoms with Gasteiger partial charge in [0.1, 0.15) is 0 Å². The zero-order valence-corrected chi connectivity index (χ0v) is 10.3. The summed E-state index contributed by atoms with van der Waals surface area (Å²) in [5.74, 6) is 0.276. The van der Waals surface area contributed by atoms with Crippen LogP contribution in [0.2, 0.25) is 0 Å². The average molecular weight is 237 g/mol. The van der Waals surface area contributed by atoms with Crippen molar-refractivity contribution in [2.45, 2.75) is 19.3 Å². The molecule has 3 rings (SSSR count). The number of hydrogen-bond donors (Lipinski definition) is 1. The Kier molecular flexibility index (Phi) is 2.81. The van der Waals surface area contributed by atoms with Gasteiger partial charge in [-0.15, -0.1) is 0 Å². The molecule has 2 aromatic heterocycles. The molecule has 0 radical (unpaired) electrons. The lowest BCUT2D eigenvalue weighted by molar-refractivity contribution is 0.737. The molecule has 0 aliphatic carbocycles. The second-order valence-corrected chi connectivity index (χ2v) is 4.39. The highest BCUT2D eigenvalue weighted by molar-refractivity contribution is 5.85. The van der Waals surface area contributed by atoms with Crippen molar-refractivity contribution < 1.29 is 0 Å². The van der Waals surface area contributed by atoms with Crippen molar-refractivity contribution in [3.8, 4) is 0 Å². The van der Waals surface area contributed by atoms with Crippen molar-refractivity contribution in [2.24, 2.45) is 0 Å². The fourth-order valence-electron chi connectivity index (χ4n) is 2.44. The number of imidazole rings is 1. The van der Waals surface area contributed by atoms with E-state index in [2.05, 4.69) is 52.2 Å². The molecule has 90 valence electrons. The van der Waals surface area contributed by atoms with Crippen LogP contribution in [0.4, 0.5) is 0 Å². The predicted molar refractivity (Wildman–Crippen MR) is 72.5 cm³/mol. The molecule has 0 aliphatic rings. The van der Waals surface area contributed by atoms with Crippen molar-refractivity contribution >= 4 is 10.8 Å². The summed E-state index contributed by atoms with van der Waals surface area (Å²) in [4.78, 5) is 11.9. The lowest BCUT2D eigenvalue weighted by Gasteiger charge is -2.14. The molecule has 18 heavy (non-hydrogen) atoms. The van der Waals surface area contributed by atoms with Gasteiger partial charge in [-0.3, -0.25) is 4.98 Å². The topological polar surface area (TPSA) is 41.6 Å². The van der Waals surface area contributed by atoms with Crippen LogP contribution in [0.25, 0.3) is 10.8 Å². The predicted octanol–water partition coefficient (Wildman–Crippen LogP) is 3.50. The number of nitrogens with one attached hydrogen (secondary N) is 1.